The molecule has 0 saturated heterocycles. The van der Waals surface area contributed by atoms with Crippen LogP contribution in [-0.2, 0) is 4.79 Å². The van der Waals surface area contributed by atoms with Crippen molar-refractivity contribution in [2.24, 2.45) is 0 Å². The minimum Gasteiger partial charge on any atom is -0.495 e. The Bertz CT molecular complexity index is 1350. The van der Waals surface area contributed by atoms with Gasteiger partial charge in [-0.15, -0.1) is 0 Å². The summed E-state index contributed by atoms with van der Waals surface area (Å²) in [7, 11) is 1.54. The van der Waals surface area contributed by atoms with Gasteiger partial charge in [0, 0.05) is 29.8 Å². The van der Waals surface area contributed by atoms with Crippen LogP contribution in [0, 0.1) is 0 Å². The molecule has 3 amide bonds. The van der Waals surface area contributed by atoms with Gasteiger partial charge in [0.25, 0.3) is 11.8 Å². The SMILES string of the molecule is COc1cc2c(cc1NC(=O)CCCN1C(=O)c3ccccc3C1=O)oc1ccccc12. The maximum absolute atomic E-state index is 12.6. The molecule has 5 rings (SSSR count). The smallest absolute Gasteiger partial charge is 0.261 e. The van der Waals surface area contributed by atoms with Crippen molar-refractivity contribution in [1.82, 2.24) is 4.90 Å². The molecule has 32 heavy (non-hydrogen) atoms. The third-order valence-corrected chi connectivity index (χ3v) is 5.64. The highest BCUT2D eigenvalue weighted by atomic mass is 16.5. The van der Waals surface area contributed by atoms with E-state index in [1.54, 1.807) is 37.4 Å². The number of hydrogen-bond donors (Lipinski definition) is 1. The lowest BCUT2D eigenvalue weighted by Gasteiger charge is -2.14. The largest absolute Gasteiger partial charge is 0.495 e. The number of amides is 3. The van der Waals surface area contributed by atoms with Crippen LogP contribution in [0.1, 0.15) is 33.6 Å². The Morgan fingerprint density at radius 3 is 2.34 bits per heavy atom. The van der Waals surface area contributed by atoms with Crippen molar-refractivity contribution in [1.29, 1.82) is 0 Å². The standard InChI is InChI=1S/C25H20N2O5/c1-31-22-13-18-15-7-4-5-10-20(15)32-21(18)14-19(22)26-23(28)11-6-12-27-24(29)16-8-2-3-9-17(16)25(27)30/h2-5,7-10,13-14H,6,11-12H2,1H3,(H,26,28). The molecular weight excluding hydrogens is 408 g/mol. The zero-order valence-corrected chi connectivity index (χ0v) is 17.4. The summed E-state index contributed by atoms with van der Waals surface area (Å²) in [6, 6.07) is 18.0. The normalized spacial score (nSPS) is 13.1. The zero-order valence-electron chi connectivity index (χ0n) is 17.4. The molecule has 0 bridgehead atoms. The van der Waals surface area contributed by atoms with Gasteiger partial charge in [0.05, 0.1) is 23.9 Å². The van der Waals surface area contributed by atoms with Crippen LogP contribution in [0.4, 0.5) is 5.69 Å². The van der Waals surface area contributed by atoms with Crippen molar-refractivity contribution in [3.05, 3.63) is 71.8 Å². The quantitative estimate of drug-likeness (QED) is 0.453. The average molecular weight is 428 g/mol. The molecule has 1 aliphatic rings. The molecule has 7 nitrogen and oxygen atoms in total. The summed E-state index contributed by atoms with van der Waals surface area (Å²) in [5, 5.41) is 4.73. The van der Waals surface area contributed by atoms with Crippen molar-refractivity contribution in [2.45, 2.75) is 12.8 Å². The first-order chi connectivity index (χ1) is 15.6. The lowest BCUT2D eigenvalue weighted by Crippen LogP contribution is -2.31. The summed E-state index contributed by atoms with van der Waals surface area (Å²) in [6.07, 6.45) is 0.501. The van der Waals surface area contributed by atoms with E-state index in [0.717, 1.165) is 16.4 Å². The minimum atomic E-state index is -0.317. The molecule has 3 aromatic carbocycles. The van der Waals surface area contributed by atoms with Crippen LogP contribution in [0.25, 0.3) is 21.9 Å². The number of hydrogen-bond acceptors (Lipinski definition) is 5. The minimum absolute atomic E-state index is 0.148. The Kier molecular flexibility index (Phi) is 4.86. The number of fused-ring (bicyclic) bond motifs is 4. The second kappa shape index (κ2) is 7.85. The van der Waals surface area contributed by atoms with Crippen LogP contribution in [0.5, 0.6) is 5.75 Å². The molecular formula is C25H20N2O5. The molecule has 0 unspecified atom stereocenters. The number of carbonyl (C=O) groups excluding carboxylic acids is 3. The fraction of sp³-hybridized carbons (Fsp3) is 0.160. The van der Waals surface area contributed by atoms with Crippen molar-refractivity contribution >= 4 is 45.3 Å². The first kappa shape index (κ1) is 19.8. The van der Waals surface area contributed by atoms with Crippen LogP contribution < -0.4 is 10.1 Å². The molecule has 0 fully saturated rings. The monoisotopic (exact) mass is 428 g/mol. The maximum Gasteiger partial charge on any atom is 0.261 e. The Balaban J connectivity index is 1.27. The molecule has 4 aromatic rings. The number of methoxy groups -OCH3 is 1. The van der Waals surface area contributed by atoms with Gasteiger partial charge < -0.3 is 14.5 Å². The van der Waals surface area contributed by atoms with Crippen LogP contribution in [0.3, 0.4) is 0 Å². The van der Waals surface area contributed by atoms with Crippen LogP contribution in [0.15, 0.2) is 65.1 Å². The highest BCUT2D eigenvalue weighted by Crippen LogP contribution is 2.36. The molecule has 1 N–H and O–H groups in total. The molecule has 0 radical (unpaired) electrons. The zero-order chi connectivity index (χ0) is 22.2. The average Bonchev–Trinajstić information content (AvgIpc) is 3.28. The molecule has 0 aliphatic carbocycles. The van der Waals surface area contributed by atoms with E-state index in [1.165, 1.54) is 4.90 Å². The van der Waals surface area contributed by atoms with Crippen LogP contribution in [0.2, 0.25) is 0 Å². The number of rotatable bonds is 6. The second-order valence-electron chi connectivity index (χ2n) is 7.61. The molecule has 7 heteroatoms. The summed E-state index contributed by atoms with van der Waals surface area (Å²) < 4.78 is 11.4. The third kappa shape index (κ3) is 3.28. The van der Waals surface area contributed by atoms with Gasteiger partial charge in [-0.3, -0.25) is 19.3 Å². The lowest BCUT2D eigenvalue weighted by atomic mass is 10.1. The molecule has 0 spiro atoms. The highest BCUT2D eigenvalue weighted by molar-refractivity contribution is 6.21. The molecule has 0 saturated carbocycles. The number of nitrogens with one attached hydrogen (secondary N) is 1. The third-order valence-electron chi connectivity index (χ3n) is 5.64. The fourth-order valence-electron chi connectivity index (χ4n) is 4.07. The van der Waals surface area contributed by atoms with Crippen LogP contribution in [-0.4, -0.2) is 36.3 Å². The predicted octanol–water partition coefficient (Wildman–Crippen LogP) is 4.61. The number of imide groups is 1. The number of furan rings is 1. The predicted molar refractivity (Wildman–Crippen MR) is 120 cm³/mol. The van der Waals surface area contributed by atoms with Crippen molar-refractivity contribution in [2.75, 3.05) is 19.0 Å². The Labute approximate surface area is 183 Å². The summed E-state index contributed by atoms with van der Waals surface area (Å²) in [6.45, 7) is 0.180. The number of para-hydroxylation sites is 1. The number of anilines is 1. The van der Waals surface area contributed by atoms with Crippen LogP contribution >= 0.6 is 0 Å². The number of carbonyl (C=O) groups is 3. The van der Waals surface area contributed by atoms with Gasteiger partial charge in [-0.2, -0.15) is 0 Å². The van der Waals surface area contributed by atoms with Gasteiger partial charge >= 0.3 is 0 Å². The maximum atomic E-state index is 12.6. The molecule has 1 aromatic heterocycles. The van der Waals surface area contributed by atoms with Gasteiger partial charge in [-0.05, 0) is 30.7 Å². The van der Waals surface area contributed by atoms with E-state index in [4.69, 9.17) is 9.15 Å². The molecule has 160 valence electrons. The van der Waals surface area contributed by atoms with Crippen molar-refractivity contribution in [3.8, 4) is 5.75 Å². The van der Waals surface area contributed by atoms with E-state index in [2.05, 4.69) is 5.32 Å². The van der Waals surface area contributed by atoms with Crippen molar-refractivity contribution < 1.29 is 23.5 Å². The van der Waals surface area contributed by atoms with E-state index in [9.17, 15) is 14.4 Å². The Hall–Kier alpha value is -4.13. The number of ether oxygens (including phenoxy) is 1. The Morgan fingerprint density at radius 1 is 0.938 bits per heavy atom. The highest BCUT2D eigenvalue weighted by Gasteiger charge is 2.34. The van der Waals surface area contributed by atoms with Gasteiger partial charge in [0.15, 0.2) is 0 Å². The molecule has 1 aliphatic heterocycles. The first-order valence-electron chi connectivity index (χ1n) is 10.3. The second-order valence-corrected chi connectivity index (χ2v) is 7.61. The number of nitrogens with zero attached hydrogens (tertiary/aromatic N) is 1. The van der Waals surface area contributed by atoms with E-state index in [-0.39, 0.29) is 30.7 Å². The topological polar surface area (TPSA) is 88.9 Å². The first-order valence-corrected chi connectivity index (χ1v) is 10.3. The summed E-state index contributed by atoms with van der Waals surface area (Å²) in [4.78, 5) is 38.6. The van der Waals surface area contributed by atoms with E-state index >= 15 is 0 Å². The van der Waals surface area contributed by atoms with E-state index < -0.39 is 0 Å². The summed E-state index contributed by atoms with van der Waals surface area (Å²) in [5.74, 6) is -0.348. The lowest BCUT2D eigenvalue weighted by molar-refractivity contribution is -0.116. The Morgan fingerprint density at radius 2 is 1.62 bits per heavy atom. The van der Waals surface area contributed by atoms with Gasteiger partial charge in [-0.1, -0.05) is 30.3 Å². The van der Waals surface area contributed by atoms with E-state index in [0.29, 0.717) is 34.6 Å². The number of benzene rings is 3. The molecule has 2 heterocycles. The summed E-state index contributed by atoms with van der Waals surface area (Å²) in [5.41, 5.74) is 2.73. The summed E-state index contributed by atoms with van der Waals surface area (Å²) >= 11 is 0. The fourth-order valence-corrected chi connectivity index (χ4v) is 4.07. The van der Waals surface area contributed by atoms with Gasteiger partial charge in [0.2, 0.25) is 5.91 Å². The van der Waals surface area contributed by atoms with Crippen molar-refractivity contribution in [3.63, 3.8) is 0 Å². The van der Waals surface area contributed by atoms with Gasteiger partial charge in [-0.25, -0.2) is 0 Å². The van der Waals surface area contributed by atoms with E-state index in [1.807, 2.05) is 30.3 Å². The molecule has 0 atom stereocenters. The van der Waals surface area contributed by atoms with Gasteiger partial charge in [0.1, 0.15) is 16.9 Å².